The molecule has 1 aliphatic heterocycles. The molecule has 0 bridgehead atoms. The smallest absolute Gasteiger partial charge is 0.123 e. The first kappa shape index (κ1) is 18.7. The first-order chi connectivity index (χ1) is 11.9. The molecule has 0 unspecified atom stereocenters. The molecular formula is C22H36N2O. The van der Waals surface area contributed by atoms with Crippen molar-refractivity contribution in [3.63, 3.8) is 0 Å². The lowest BCUT2D eigenvalue weighted by atomic mass is 9.85. The number of hydrogen-bond acceptors (Lipinski definition) is 3. The highest BCUT2D eigenvalue weighted by molar-refractivity contribution is 5.41. The molecule has 0 aromatic heterocycles. The molecule has 1 aromatic carbocycles. The monoisotopic (exact) mass is 344 g/mol. The van der Waals surface area contributed by atoms with Gasteiger partial charge in [0.05, 0.1) is 6.61 Å². The summed E-state index contributed by atoms with van der Waals surface area (Å²) < 4.78 is 6.14. The third kappa shape index (κ3) is 5.72. The van der Waals surface area contributed by atoms with Gasteiger partial charge in [0.1, 0.15) is 5.75 Å². The lowest BCUT2D eigenvalue weighted by Crippen LogP contribution is -2.44. The van der Waals surface area contributed by atoms with Crippen molar-refractivity contribution in [2.75, 3.05) is 46.4 Å². The Kier molecular flexibility index (Phi) is 6.06. The van der Waals surface area contributed by atoms with Crippen LogP contribution in [0.15, 0.2) is 18.2 Å². The maximum atomic E-state index is 6.14. The second-order valence-corrected chi connectivity index (χ2v) is 9.08. The Morgan fingerprint density at radius 2 is 1.80 bits per heavy atom. The maximum Gasteiger partial charge on any atom is 0.123 e. The number of hydrogen-bond donors (Lipinski definition) is 0. The van der Waals surface area contributed by atoms with Gasteiger partial charge in [0.15, 0.2) is 0 Å². The zero-order valence-electron chi connectivity index (χ0n) is 16.7. The molecule has 140 valence electrons. The molecule has 0 atom stereocenters. The molecule has 3 nitrogen and oxygen atoms in total. The molecule has 1 saturated heterocycles. The summed E-state index contributed by atoms with van der Waals surface area (Å²) in [5, 5.41) is 0. The molecule has 0 radical (unpaired) electrons. The summed E-state index contributed by atoms with van der Waals surface area (Å²) in [5.74, 6) is 1.90. The fourth-order valence-corrected chi connectivity index (χ4v) is 3.52. The predicted octanol–water partition coefficient (Wildman–Crippen LogP) is 3.95. The minimum atomic E-state index is 0.131. The predicted molar refractivity (Wildman–Crippen MR) is 106 cm³/mol. The van der Waals surface area contributed by atoms with Crippen molar-refractivity contribution in [3.05, 3.63) is 29.3 Å². The fourth-order valence-electron chi connectivity index (χ4n) is 3.52. The van der Waals surface area contributed by atoms with Crippen molar-refractivity contribution in [2.45, 2.75) is 51.9 Å². The van der Waals surface area contributed by atoms with E-state index in [4.69, 9.17) is 4.74 Å². The van der Waals surface area contributed by atoms with E-state index in [1.165, 1.54) is 69.5 Å². The van der Waals surface area contributed by atoms with E-state index in [0.29, 0.717) is 0 Å². The lowest BCUT2D eigenvalue weighted by molar-refractivity contribution is 0.153. The molecule has 1 heterocycles. The van der Waals surface area contributed by atoms with Crippen LogP contribution in [0, 0.1) is 5.92 Å². The van der Waals surface area contributed by atoms with Gasteiger partial charge in [-0.15, -0.1) is 0 Å². The van der Waals surface area contributed by atoms with Crippen LogP contribution in [0.2, 0.25) is 0 Å². The summed E-state index contributed by atoms with van der Waals surface area (Å²) in [7, 11) is 2.22. The van der Waals surface area contributed by atoms with Crippen molar-refractivity contribution >= 4 is 0 Å². The zero-order valence-corrected chi connectivity index (χ0v) is 16.7. The van der Waals surface area contributed by atoms with E-state index in [1.54, 1.807) is 0 Å². The molecule has 2 fully saturated rings. The Morgan fingerprint density at radius 1 is 1.08 bits per heavy atom. The first-order valence-corrected chi connectivity index (χ1v) is 10.1. The van der Waals surface area contributed by atoms with Crippen LogP contribution in [0.4, 0.5) is 0 Å². The highest BCUT2D eigenvalue weighted by atomic mass is 16.5. The van der Waals surface area contributed by atoms with Gasteiger partial charge in [-0.05, 0) is 67.8 Å². The van der Waals surface area contributed by atoms with E-state index in [1.807, 2.05) is 0 Å². The van der Waals surface area contributed by atoms with E-state index >= 15 is 0 Å². The molecule has 25 heavy (non-hydrogen) atoms. The van der Waals surface area contributed by atoms with Gasteiger partial charge < -0.3 is 14.5 Å². The van der Waals surface area contributed by atoms with Gasteiger partial charge in [0.25, 0.3) is 0 Å². The fraction of sp³-hybridized carbons (Fsp3) is 0.727. The summed E-state index contributed by atoms with van der Waals surface area (Å²) in [4.78, 5) is 5.03. The molecule has 3 rings (SSSR count). The van der Waals surface area contributed by atoms with Crippen molar-refractivity contribution in [3.8, 4) is 5.75 Å². The van der Waals surface area contributed by atoms with Crippen LogP contribution < -0.4 is 4.74 Å². The highest BCUT2D eigenvalue weighted by Gasteiger charge is 2.24. The number of likely N-dealkylation sites (N-methyl/N-ethyl adjacent to an activating group) is 1. The number of nitrogens with zero attached hydrogens (tertiary/aromatic N) is 2. The third-order valence-electron chi connectivity index (χ3n) is 5.56. The highest BCUT2D eigenvalue weighted by Crippen LogP contribution is 2.35. The van der Waals surface area contributed by atoms with Crippen LogP contribution >= 0.6 is 0 Å². The normalized spacial score (nSPS) is 20.0. The number of benzene rings is 1. The molecular weight excluding hydrogens is 308 g/mol. The van der Waals surface area contributed by atoms with Crippen LogP contribution in [0.5, 0.6) is 5.75 Å². The van der Waals surface area contributed by atoms with Gasteiger partial charge in [-0.25, -0.2) is 0 Å². The molecule has 1 aromatic rings. The van der Waals surface area contributed by atoms with Gasteiger partial charge in [0.2, 0.25) is 0 Å². The second kappa shape index (κ2) is 8.09. The van der Waals surface area contributed by atoms with Crippen LogP contribution in [0.1, 0.15) is 51.2 Å². The maximum absolute atomic E-state index is 6.14. The van der Waals surface area contributed by atoms with Crippen molar-refractivity contribution in [1.82, 2.24) is 9.80 Å². The summed E-state index contributed by atoms with van der Waals surface area (Å²) in [6, 6.07) is 6.89. The van der Waals surface area contributed by atoms with E-state index in [0.717, 1.165) is 18.3 Å². The molecule has 1 saturated carbocycles. The topological polar surface area (TPSA) is 15.7 Å². The Labute approximate surface area is 154 Å². The Morgan fingerprint density at radius 3 is 2.44 bits per heavy atom. The van der Waals surface area contributed by atoms with Gasteiger partial charge in [-0.1, -0.05) is 32.9 Å². The Balaban J connectivity index is 1.55. The molecule has 0 amide bonds. The van der Waals surface area contributed by atoms with Crippen LogP contribution in [0.3, 0.4) is 0 Å². The van der Waals surface area contributed by atoms with Crippen LogP contribution in [-0.2, 0) is 11.8 Å². The second-order valence-electron chi connectivity index (χ2n) is 9.08. The quantitative estimate of drug-likeness (QED) is 0.745. The zero-order chi connectivity index (χ0) is 17.9. The third-order valence-corrected chi connectivity index (χ3v) is 5.56. The molecule has 0 spiro atoms. The average Bonchev–Trinajstić information content (AvgIpc) is 3.39. The van der Waals surface area contributed by atoms with E-state index in [9.17, 15) is 0 Å². The SMILES string of the molecule is CN1CCN(CCCc2ccc(OCC3CC3)c(C(C)(C)C)c2)CC1. The summed E-state index contributed by atoms with van der Waals surface area (Å²) >= 11 is 0. The average molecular weight is 345 g/mol. The molecule has 2 aliphatic rings. The standard InChI is InChI=1S/C22H36N2O/c1-22(2,3)20-16-18(9-10-21(20)25-17-19-7-8-19)6-5-11-24-14-12-23(4)13-15-24/h9-10,16,19H,5-8,11-15,17H2,1-4H3. The Hall–Kier alpha value is -1.06. The number of aryl methyl sites for hydroxylation is 1. The molecule has 3 heteroatoms. The van der Waals surface area contributed by atoms with Gasteiger partial charge in [-0.2, -0.15) is 0 Å². The van der Waals surface area contributed by atoms with Crippen molar-refractivity contribution in [1.29, 1.82) is 0 Å². The largest absolute Gasteiger partial charge is 0.493 e. The minimum absolute atomic E-state index is 0.131. The summed E-state index contributed by atoms with van der Waals surface area (Å²) in [5.41, 5.74) is 2.95. The Bertz CT molecular complexity index is 552. The number of rotatable bonds is 7. The van der Waals surface area contributed by atoms with Gasteiger partial charge >= 0.3 is 0 Å². The molecule has 1 aliphatic carbocycles. The van der Waals surface area contributed by atoms with E-state index in [2.05, 4.69) is 55.8 Å². The number of piperazine rings is 1. The van der Waals surface area contributed by atoms with Crippen molar-refractivity contribution < 1.29 is 4.74 Å². The summed E-state index contributed by atoms with van der Waals surface area (Å²) in [6.45, 7) is 13.9. The van der Waals surface area contributed by atoms with Crippen LogP contribution in [0.25, 0.3) is 0 Å². The van der Waals surface area contributed by atoms with E-state index in [-0.39, 0.29) is 5.41 Å². The van der Waals surface area contributed by atoms with E-state index < -0.39 is 0 Å². The minimum Gasteiger partial charge on any atom is -0.493 e. The lowest BCUT2D eigenvalue weighted by Gasteiger charge is -2.32. The van der Waals surface area contributed by atoms with Crippen LogP contribution in [-0.4, -0.2) is 56.2 Å². The van der Waals surface area contributed by atoms with Gasteiger partial charge in [-0.3, -0.25) is 0 Å². The number of ether oxygens (including phenoxy) is 1. The van der Waals surface area contributed by atoms with Crippen molar-refractivity contribution in [2.24, 2.45) is 5.92 Å². The molecule has 0 N–H and O–H groups in total. The van der Waals surface area contributed by atoms with Gasteiger partial charge in [0, 0.05) is 26.2 Å². The summed E-state index contributed by atoms with van der Waals surface area (Å²) in [6.07, 6.45) is 5.10. The first-order valence-electron chi connectivity index (χ1n) is 10.1.